The molecular formula is C14H23ClN4. The zero-order chi connectivity index (χ0) is 14.0. The van der Waals surface area contributed by atoms with Gasteiger partial charge in [0.25, 0.3) is 0 Å². The second kappa shape index (κ2) is 5.63. The van der Waals surface area contributed by atoms with Crippen LogP contribution in [0.5, 0.6) is 0 Å². The minimum atomic E-state index is -0.0892. The number of rotatable bonds is 2. The van der Waals surface area contributed by atoms with Gasteiger partial charge in [-0.3, -0.25) is 0 Å². The van der Waals surface area contributed by atoms with Crippen LogP contribution in [0.3, 0.4) is 0 Å². The van der Waals surface area contributed by atoms with Gasteiger partial charge in [-0.25, -0.2) is 9.97 Å². The Bertz CT molecular complexity index is 434. The molecule has 0 aromatic carbocycles. The summed E-state index contributed by atoms with van der Waals surface area (Å²) in [7, 11) is 2.16. The van der Waals surface area contributed by atoms with Crippen LogP contribution in [0.2, 0.25) is 5.15 Å². The van der Waals surface area contributed by atoms with E-state index in [0.29, 0.717) is 11.2 Å². The lowest BCUT2D eigenvalue weighted by Gasteiger charge is -2.30. The SMILES string of the molecule is CN1CCC(Nc2cc(Cl)nc(C(C)(C)C)n2)CC1. The van der Waals surface area contributed by atoms with Crippen LogP contribution in [-0.2, 0) is 5.41 Å². The molecule has 2 rings (SSSR count). The van der Waals surface area contributed by atoms with Gasteiger partial charge >= 0.3 is 0 Å². The minimum absolute atomic E-state index is 0.0892. The highest BCUT2D eigenvalue weighted by Gasteiger charge is 2.21. The Morgan fingerprint density at radius 1 is 1.26 bits per heavy atom. The van der Waals surface area contributed by atoms with E-state index in [2.05, 4.69) is 48.0 Å². The average Bonchev–Trinajstić information content (AvgIpc) is 2.30. The van der Waals surface area contributed by atoms with E-state index in [4.69, 9.17) is 11.6 Å². The number of aromatic nitrogens is 2. The first-order valence-electron chi connectivity index (χ1n) is 6.85. The van der Waals surface area contributed by atoms with Crippen molar-refractivity contribution in [1.82, 2.24) is 14.9 Å². The number of likely N-dealkylation sites (tertiary alicyclic amines) is 1. The van der Waals surface area contributed by atoms with E-state index in [1.165, 1.54) is 0 Å². The van der Waals surface area contributed by atoms with Crippen LogP contribution >= 0.6 is 11.6 Å². The van der Waals surface area contributed by atoms with E-state index in [1.54, 1.807) is 0 Å². The summed E-state index contributed by atoms with van der Waals surface area (Å²) in [5, 5.41) is 4.00. The first-order chi connectivity index (χ1) is 8.84. The number of piperidine rings is 1. The zero-order valence-electron chi connectivity index (χ0n) is 12.2. The molecule has 0 radical (unpaired) electrons. The summed E-state index contributed by atoms with van der Waals surface area (Å²) >= 11 is 6.10. The lowest BCUT2D eigenvalue weighted by atomic mass is 9.96. The number of anilines is 1. The van der Waals surface area contributed by atoms with Crippen molar-refractivity contribution in [1.29, 1.82) is 0 Å². The van der Waals surface area contributed by atoms with E-state index >= 15 is 0 Å². The van der Waals surface area contributed by atoms with Crippen LogP contribution in [0.15, 0.2) is 6.07 Å². The Hall–Kier alpha value is -0.870. The summed E-state index contributed by atoms with van der Waals surface area (Å²) in [5.41, 5.74) is -0.0892. The lowest BCUT2D eigenvalue weighted by Crippen LogP contribution is -2.37. The summed E-state index contributed by atoms with van der Waals surface area (Å²) < 4.78 is 0. The molecule has 1 saturated heterocycles. The first-order valence-corrected chi connectivity index (χ1v) is 7.22. The molecule has 1 N–H and O–H groups in total. The molecule has 4 nitrogen and oxygen atoms in total. The summed E-state index contributed by atoms with van der Waals surface area (Å²) in [6.45, 7) is 8.54. The van der Waals surface area contributed by atoms with Crippen LogP contribution < -0.4 is 5.32 Å². The highest BCUT2D eigenvalue weighted by atomic mass is 35.5. The van der Waals surface area contributed by atoms with Crippen molar-refractivity contribution in [3.05, 3.63) is 17.0 Å². The van der Waals surface area contributed by atoms with Gasteiger partial charge in [0, 0.05) is 17.5 Å². The highest BCUT2D eigenvalue weighted by Crippen LogP contribution is 2.23. The van der Waals surface area contributed by atoms with Gasteiger partial charge in [-0.1, -0.05) is 32.4 Å². The Morgan fingerprint density at radius 3 is 2.47 bits per heavy atom. The first kappa shape index (κ1) is 14.5. The van der Waals surface area contributed by atoms with Gasteiger partial charge in [-0.15, -0.1) is 0 Å². The monoisotopic (exact) mass is 282 g/mol. The molecule has 1 fully saturated rings. The summed E-state index contributed by atoms with van der Waals surface area (Å²) in [6, 6.07) is 2.30. The molecule has 2 heterocycles. The van der Waals surface area contributed by atoms with Crippen LogP contribution in [0.4, 0.5) is 5.82 Å². The number of hydrogen-bond acceptors (Lipinski definition) is 4. The average molecular weight is 283 g/mol. The fourth-order valence-corrected chi connectivity index (χ4v) is 2.37. The van der Waals surface area contributed by atoms with Crippen molar-refractivity contribution in [3.8, 4) is 0 Å². The fraction of sp³-hybridized carbons (Fsp3) is 0.714. The number of nitrogens with zero attached hydrogens (tertiary/aromatic N) is 3. The molecule has 0 aliphatic carbocycles. The second-order valence-corrected chi connectivity index (χ2v) is 6.76. The largest absolute Gasteiger partial charge is 0.367 e. The molecule has 0 bridgehead atoms. The molecule has 0 spiro atoms. The van der Waals surface area contributed by atoms with E-state index in [0.717, 1.165) is 37.6 Å². The molecular weight excluding hydrogens is 260 g/mol. The van der Waals surface area contributed by atoms with Gasteiger partial charge < -0.3 is 10.2 Å². The standard InChI is InChI=1S/C14H23ClN4/c1-14(2,3)13-17-11(15)9-12(18-13)16-10-5-7-19(4)8-6-10/h9-10H,5-8H2,1-4H3,(H,16,17,18). The highest BCUT2D eigenvalue weighted by molar-refractivity contribution is 6.29. The Kier molecular flexibility index (Phi) is 4.31. The molecule has 1 aliphatic rings. The molecule has 0 atom stereocenters. The normalized spacial score (nSPS) is 18.6. The molecule has 106 valence electrons. The maximum absolute atomic E-state index is 6.10. The van der Waals surface area contributed by atoms with Gasteiger partial charge in [-0.2, -0.15) is 0 Å². The summed E-state index contributed by atoms with van der Waals surface area (Å²) in [5.74, 6) is 1.63. The molecule has 0 saturated carbocycles. The maximum Gasteiger partial charge on any atom is 0.137 e. The van der Waals surface area contributed by atoms with Gasteiger partial charge in [0.05, 0.1) is 0 Å². The molecule has 1 aromatic heterocycles. The van der Waals surface area contributed by atoms with E-state index in [1.807, 2.05) is 6.07 Å². The minimum Gasteiger partial charge on any atom is -0.367 e. The molecule has 1 aliphatic heterocycles. The zero-order valence-corrected chi connectivity index (χ0v) is 13.0. The third kappa shape index (κ3) is 4.05. The topological polar surface area (TPSA) is 41.0 Å². The van der Waals surface area contributed by atoms with E-state index in [9.17, 15) is 0 Å². The second-order valence-electron chi connectivity index (χ2n) is 6.37. The summed E-state index contributed by atoms with van der Waals surface area (Å²) in [6.07, 6.45) is 2.28. The lowest BCUT2D eigenvalue weighted by molar-refractivity contribution is 0.263. The quantitative estimate of drug-likeness (QED) is 0.847. The maximum atomic E-state index is 6.10. The molecule has 0 amide bonds. The number of halogens is 1. The van der Waals surface area contributed by atoms with Crippen molar-refractivity contribution in [2.75, 3.05) is 25.5 Å². The Morgan fingerprint density at radius 2 is 1.89 bits per heavy atom. The van der Waals surface area contributed by atoms with Gasteiger partial charge in [0.1, 0.15) is 16.8 Å². The number of hydrogen-bond donors (Lipinski definition) is 1. The number of nitrogens with one attached hydrogen (secondary N) is 1. The summed E-state index contributed by atoms with van der Waals surface area (Å²) in [4.78, 5) is 11.3. The van der Waals surface area contributed by atoms with Crippen molar-refractivity contribution < 1.29 is 0 Å². The van der Waals surface area contributed by atoms with E-state index < -0.39 is 0 Å². The van der Waals surface area contributed by atoms with Gasteiger partial charge in [-0.05, 0) is 33.0 Å². The van der Waals surface area contributed by atoms with Crippen molar-refractivity contribution >= 4 is 17.4 Å². The molecule has 19 heavy (non-hydrogen) atoms. The Balaban J connectivity index is 2.10. The third-order valence-electron chi connectivity index (χ3n) is 3.44. The third-order valence-corrected chi connectivity index (χ3v) is 3.63. The molecule has 1 aromatic rings. The van der Waals surface area contributed by atoms with Gasteiger partial charge in [0.15, 0.2) is 0 Å². The molecule has 5 heteroatoms. The smallest absolute Gasteiger partial charge is 0.137 e. The van der Waals surface area contributed by atoms with Crippen molar-refractivity contribution in [2.24, 2.45) is 0 Å². The fourth-order valence-electron chi connectivity index (χ4n) is 2.19. The van der Waals surface area contributed by atoms with Crippen molar-refractivity contribution in [2.45, 2.75) is 45.1 Å². The van der Waals surface area contributed by atoms with E-state index in [-0.39, 0.29) is 5.41 Å². The van der Waals surface area contributed by atoms with Gasteiger partial charge in [0.2, 0.25) is 0 Å². The molecule has 0 unspecified atom stereocenters. The predicted molar refractivity (Wildman–Crippen MR) is 79.9 cm³/mol. The van der Waals surface area contributed by atoms with Crippen LogP contribution in [-0.4, -0.2) is 41.0 Å². The Labute approximate surface area is 120 Å². The van der Waals surface area contributed by atoms with Crippen molar-refractivity contribution in [3.63, 3.8) is 0 Å². The predicted octanol–water partition coefficient (Wildman–Crippen LogP) is 2.93. The van der Waals surface area contributed by atoms with Crippen LogP contribution in [0, 0.1) is 0 Å². The van der Waals surface area contributed by atoms with Crippen LogP contribution in [0.1, 0.15) is 39.4 Å². The van der Waals surface area contributed by atoms with Crippen LogP contribution in [0.25, 0.3) is 0 Å².